The van der Waals surface area contributed by atoms with Crippen LogP contribution in [0.4, 0.5) is 5.69 Å². The molecule has 1 aliphatic rings. The third-order valence-electron chi connectivity index (χ3n) is 4.87. The number of benzene rings is 1. The van der Waals surface area contributed by atoms with Crippen LogP contribution in [0.5, 0.6) is 0 Å². The van der Waals surface area contributed by atoms with Crippen molar-refractivity contribution in [1.29, 1.82) is 0 Å². The Labute approximate surface area is 132 Å². The molecule has 21 heavy (non-hydrogen) atoms. The maximum atomic E-state index is 12.7. The highest BCUT2D eigenvalue weighted by Crippen LogP contribution is 2.39. The summed E-state index contributed by atoms with van der Waals surface area (Å²) in [6.45, 7) is 5.49. The van der Waals surface area contributed by atoms with Gasteiger partial charge in [-0.2, -0.15) is 4.31 Å². The van der Waals surface area contributed by atoms with Gasteiger partial charge in [0.25, 0.3) is 0 Å². The summed E-state index contributed by atoms with van der Waals surface area (Å²) in [5, 5.41) is 0.445. The van der Waals surface area contributed by atoms with E-state index in [0.717, 1.165) is 25.7 Å². The Bertz CT molecular complexity index is 602. The first-order chi connectivity index (χ1) is 9.84. The normalized spacial score (nSPS) is 19.6. The van der Waals surface area contributed by atoms with Gasteiger partial charge < -0.3 is 5.73 Å². The molecular weight excluding hydrogens is 308 g/mol. The molecule has 118 valence electrons. The quantitative estimate of drug-likeness (QED) is 0.859. The molecule has 0 unspecified atom stereocenters. The third kappa shape index (κ3) is 3.20. The van der Waals surface area contributed by atoms with Crippen molar-refractivity contribution in [3.05, 3.63) is 23.2 Å². The van der Waals surface area contributed by atoms with Crippen LogP contribution < -0.4 is 5.73 Å². The number of anilines is 1. The first-order valence-electron chi connectivity index (χ1n) is 7.40. The van der Waals surface area contributed by atoms with Crippen molar-refractivity contribution in [2.75, 3.05) is 18.8 Å². The van der Waals surface area contributed by atoms with Gasteiger partial charge in [-0.1, -0.05) is 38.3 Å². The van der Waals surface area contributed by atoms with Gasteiger partial charge in [-0.15, -0.1) is 0 Å². The number of hydrogen-bond donors (Lipinski definition) is 1. The number of nitrogens with zero attached hydrogens (tertiary/aromatic N) is 1. The highest BCUT2D eigenvalue weighted by molar-refractivity contribution is 7.89. The summed E-state index contributed by atoms with van der Waals surface area (Å²) in [6, 6.07) is 4.55. The monoisotopic (exact) mass is 330 g/mol. The molecule has 0 aromatic heterocycles. The van der Waals surface area contributed by atoms with Gasteiger partial charge in [0, 0.05) is 18.1 Å². The smallest absolute Gasteiger partial charge is 0.245 e. The average Bonchev–Trinajstić information content (AvgIpc) is 2.47. The van der Waals surface area contributed by atoms with Crippen LogP contribution in [0.15, 0.2) is 23.1 Å². The molecule has 0 aliphatic carbocycles. The summed E-state index contributed by atoms with van der Waals surface area (Å²) in [6.07, 6.45) is 4.01. The van der Waals surface area contributed by atoms with E-state index in [1.807, 2.05) is 0 Å². The van der Waals surface area contributed by atoms with Gasteiger partial charge >= 0.3 is 0 Å². The molecule has 1 aromatic carbocycles. The number of piperidine rings is 1. The highest BCUT2D eigenvalue weighted by Gasteiger charge is 2.36. The minimum atomic E-state index is -3.53. The van der Waals surface area contributed by atoms with Crippen LogP contribution in [0.3, 0.4) is 0 Å². The van der Waals surface area contributed by atoms with Crippen molar-refractivity contribution in [2.24, 2.45) is 5.41 Å². The zero-order chi connectivity index (χ0) is 15.7. The number of nitrogen functional groups attached to an aromatic ring is 1. The Morgan fingerprint density at radius 3 is 2.29 bits per heavy atom. The largest absolute Gasteiger partial charge is 0.398 e. The molecule has 1 heterocycles. The number of halogens is 1. The Morgan fingerprint density at radius 1 is 1.24 bits per heavy atom. The lowest BCUT2D eigenvalue weighted by atomic mass is 9.75. The maximum Gasteiger partial charge on any atom is 0.245 e. The molecule has 6 heteroatoms. The molecular formula is C15H23ClN2O2S. The molecule has 2 N–H and O–H groups in total. The number of rotatable bonds is 4. The summed E-state index contributed by atoms with van der Waals surface area (Å²) in [4.78, 5) is 0.160. The first-order valence-corrected chi connectivity index (χ1v) is 9.21. The van der Waals surface area contributed by atoms with Crippen molar-refractivity contribution in [3.63, 3.8) is 0 Å². The Balaban J connectivity index is 2.22. The van der Waals surface area contributed by atoms with E-state index < -0.39 is 10.0 Å². The van der Waals surface area contributed by atoms with Gasteiger partial charge in [0.2, 0.25) is 10.0 Å². The topological polar surface area (TPSA) is 63.4 Å². The number of nitrogens with two attached hydrogens (primary N) is 1. The predicted octanol–water partition coefficient (Wildman–Crippen LogP) is 3.51. The highest BCUT2D eigenvalue weighted by atomic mass is 35.5. The van der Waals surface area contributed by atoms with Crippen LogP contribution in [0.2, 0.25) is 5.02 Å². The molecule has 1 aromatic rings. The van der Waals surface area contributed by atoms with E-state index in [1.54, 1.807) is 10.4 Å². The Hall–Kier alpha value is -0.780. The molecule has 0 spiro atoms. The molecule has 1 saturated heterocycles. The third-order valence-corrected chi connectivity index (χ3v) is 7.08. The summed E-state index contributed by atoms with van der Waals surface area (Å²) >= 11 is 5.84. The van der Waals surface area contributed by atoms with Gasteiger partial charge in [-0.25, -0.2) is 8.42 Å². The zero-order valence-corrected chi connectivity index (χ0v) is 14.2. The molecule has 2 rings (SSSR count). The number of hydrogen-bond acceptors (Lipinski definition) is 3. The zero-order valence-electron chi connectivity index (χ0n) is 12.6. The van der Waals surface area contributed by atoms with E-state index in [9.17, 15) is 8.42 Å². The summed E-state index contributed by atoms with van der Waals surface area (Å²) < 4.78 is 27.0. The fourth-order valence-corrected chi connectivity index (χ4v) is 4.77. The lowest BCUT2D eigenvalue weighted by Gasteiger charge is -2.40. The SMILES string of the molecule is CCC1(CC)CCN(S(=O)(=O)c2ccc(Cl)cc2N)CC1. The fourth-order valence-electron chi connectivity index (χ4n) is 3.05. The van der Waals surface area contributed by atoms with Gasteiger partial charge in [-0.05, 0) is 36.5 Å². The maximum absolute atomic E-state index is 12.7. The van der Waals surface area contributed by atoms with E-state index >= 15 is 0 Å². The summed E-state index contributed by atoms with van der Waals surface area (Å²) in [7, 11) is -3.53. The minimum absolute atomic E-state index is 0.160. The second kappa shape index (κ2) is 6.15. The van der Waals surface area contributed by atoms with Crippen LogP contribution in [-0.2, 0) is 10.0 Å². The van der Waals surface area contributed by atoms with Crippen LogP contribution in [0, 0.1) is 5.41 Å². The Kier molecular flexibility index (Phi) is 4.85. The Morgan fingerprint density at radius 2 is 1.81 bits per heavy atom. The summed E-state index contributed by atoms with van der Waals surface area (Å²) in [5.41, 5.74) is 6.33. The van der Waals surface area contributed by atoms with E-state index in [2.05, 4.69) is 13.8 Å². The van der Waals surface area contributed by atoms with E-state index in [4.69, 9.17) is 17.3 Å². The molecule has 1 fully saturated rings. The van der Waals surface area contributed by atoms with Gasteiger partial charge in [0.05, 0.1) is 5.69 Å². The van der Waals surface area contributed by atoms with Gasteiger partial charge in [0.1, 0.15) is 4.90 Å². The van der Waals surface area contributed by atoms with E-state index in [0.29, 0.717) is 18.1 Å². The van der Waals surface area contributed by atoms with Gasteiger partial charge in [0.15, 0.2) is 0 Å². The molecule has 1 aliphatic heterocycles. The lowest BCUT2D eigenvalue weighted by molar-refractivity contribution is 0.141. The molecule has 4 nitrogen and oxygen atoms in total. The van der Waals surface area contributed by atoms with Crippen molar-refractivity contribution in [2.45, 2.75) is 44.4 Å². The molecule has 0 atom stereocenters. The van der Waals surface area contributed by atoms with Crippen LogP contribution in [-0.4, -0.2) is 25.8 Å². The minimum Gasteiger partial charge on any atom is -0.398 e. The first kappa shape index (κ1) is 16.6. The standard InChI is InChI=1S/C15H23ClN2O2S/c1-3-15(4-2)7-9-18(10-8-15)21(19,20)14-6-5-12(16)11-13(14)17/h5-6,11H,3-4,7-10,17H2,1-2H3. The van der Waals surface area contributed by atoms with E-state index in [-0.39, 0.29) is 16.0 Å². The van der Waals surface area contributed by atoms with Crippen LogP contribution in [0.1, 0.15) is 39.5 Å². The lowest BCUT2D eigenvalue weighted by Crippen LogP contribution is -2.42. The second-order valence-corrected chi connectivity index (χ2v) is 8.14. The fraction of sp³-hybridized carbons (Fsp3) is 0.600. The predicted molar refractivity (Wildman–Crippen MR) is 86.9 cm³/mol. The van der Waals surface area contributed by atoms with Crippen molar-refractivity contribution >= 4 is 27.3 Å². The molecule has 0 bridgehead atoms. The molecule has 0 saturated carbocycles. The van der Waals surface area contributed by atoms with Crippen molar-refractivity contribution in [3.8, 4) is 0 Å². The van der Waals surface area contributed by atoms with Crippen molar-refractivity contribution in [1.82, 2.24) is 4.31 Å². The van der Waals surface area contributed by atoms with Crippen LogP contribution in [0.25, 0.3) is 0 Å². The van der Waals surface area contributed by atoms with Gasteiger partial charge in [-0.3, -0.25) is 0 Å². The molecule has 0 radical (unpaired) electrons. The molecule has 0 amide bonds. The average molecular weight is 331 g/mol. The second-order valence-electron chi connectivity index (χ2n) is 5.79. The van der Waals surface area contributed by atoms with Crippen LogP contribution >= 0.6 is 11.6 Å². The number of sulfonamides is 1. The van der Waals surface area contributed by atoms with E-state index in [1.165, 1.54) is 12.1 Å². The van der Waals surface area contributed by atoms with Crippen molar-refractivity contribution < 1.29 is 8.42 Å². The summed E-state index contributed by atoms with van der Waals surface area (Å²) in [5.74, 6) is 0.